The van der Waals surface area contributed by atoms with Gasteiger partial charge >= 0.3 is 0 Å². The second-order valence-electron chi connectivity index (χ2n) is 6.01. The van der Waals surface area contributed by atoms with Crippen LogP contribution in [0.15, 0.2) is 52.4 Å². The highest BCUT2D eigenvalue weighted by Crippen LogP contribution is 2.19. The molecule has 0 atom stereocenters. The molecule has 0 amide bonds. The number of hydrogen-bond acceptors (Lipinski definition) is 4. The lowest BCUT2D eigenvalue weighted by atomic mass is 10.1. The molecule has 0 saturated carbocycles. The summed E-state index contributed by atoms with van der Waals surface area (Å²) in [7, 11) is 0.188. The van der Waals surface area contributed by atoms with E-state index < -0.39 is 9.84 Å². The van der Waals surface area contributed by atoms with Crippen LogP contribution in [-0.4, -0.2) is 34.8 Å². The van der Waals surface area contributed by atoms with E-state index in [2.05, 4.69) is 15.6 Å². The van der Waals surface area contributed by atoms with Crippen LogP contribution in [-0.2, 0) is 22.9 Å². The number of nitrogens with zero attached hydrogens (tertiary/aromatic N) is 1. The fraction of sp³-hybridized carbons (Fsp3) is 0.316. The zero-order valence-electron chi connectivity index (χ0n) is 15.5. The summed E-state index contributed by atoms with van der Waals surface area (Å²) in [5, 5.41) is 6.46. The van der Waals surface area contributed by atoms with Crippen molar-refractivity contribution in [3.8, 4) is 5.75 Å². The third kappa shape index (κ3) is 5.49. The molecule has 2 N–H and O–H groups in total. The summed E-state index contributed by atoms with van der Waals surface area (Å²) in [5.41, 5.74) is 3.15. The molecule has 0 spiro atoms. The molecule has 0 saturated heterocycles. The number of guanidine groups is 1. The lowest BCUT2D eigenvalue weighted by molar-refractivity contribution is 0.408. The predicted molar refractivity (Wildman–Crippen MR) is 104 cm³/mol. The highest BCUT2D eigenvalue weighted by Gasteiger charge is 2.07. The second-order valence-corrected chi connectivity index (χ2v) is 8.03. The van der Waals surface area contributed by atoms with Crippen LogP contribution in [0.25, 0.3) is 0 Å². The van der Waals surface area contributed by atoms with E-state index in [9.17, 15) is 8.42 Å². The number of ether oxygens (including phenoxy) is 1. The number of rotatable bonds is 6. The van der Waals surface area contributed by atoms with Gasteiger partial charge in [-0.1, -0.05) is 24.3 Å². The first-order valence-electron chi connectivity index (χ1n) is 8.20. The highest BCUT2D eigenvalue weighted by molar-refractivity contribution is 7.90. The van der Waals surface area contributed by atoms with E-state index in [1.807, 2.05) is 25.1 Å². The molecule has 0 aliphatic heterocycles. The van der Waals surface area contributed by atoms with Crippen LogP contribution in [0.1, 0.15) is 16.7 Å². The van der Waals surface area contributed by atoms with E-state index in [4.69, 9.17) is 4.74 Å². The van der Waals surface area contributed by atoms with Crippen LogP contribution >= 0.6 is 0 Å². The van der Waals surface area contributed by atoms with E-state index in [1.165, 1.54) is 6.26 Å². The molecule has 26 heavy (non-hydrogen) atoms. The van der Waals surface area contributed by atoms with Crippen LogP contribution < -0.4 is 15.4 Å². The first kappa shape index (κ1) is 19.8. The van der Waals surface area contributed by atoms with Crippen LogP contribution in [0.2, 0.25) is 0 Å². The summed E-state index contributed by atoms with van der Waals surface area (Å²) < 4.78 is 28.4. The summed E-state index contributed by atoms with van der Waals surface area (Å²) in [6.07, 6.45) is 1.20. The van der Waals surface area contributed by atoms with Gasteiger partial charge in [-0.15, -0.1) is 0 Å². The number of methoxy groups -OCH3 is 1. The van der Waals surface area contributed by atoms with Gasteiger partial charge in [0.25, 0.3) is 0 Å². The number of sulfone groups is 1. The van der Waals surface area contributed by atoms with Crippen molar-refractivity contribution < 1.29 is 13.2 Å². The van der Waals surface area contributed by atoms with Crippen molar-refractivity contribution in [3.63, 3.8) is 0 Å². The monoisotopic (exact) mass is 375 g/mol. The van der Waals surface area contributed by atoms with Crippen LogP contribution in [0, 0.1) is 6.92 Å². The average Bonchev–Trinajstić information content (AvgIpc) is 2.62. The van der Waals surface area contributed by atoms with Crippen molar-refractivity contribution >= 4 is 15.8 Å². The minimum atomic E-state index is -3.17. The Bertz CT molecular complexity index is 875. The second kappa shape index (κ2) is 8.71. The van der Waals surface area contributed by atoms with Gasteiger partial charge in [-0.3, -0.25) is 4.99 Å². The van der Waals surface area contributed by atoms with Gasteiger partial charge in [0, 0.05) is 32.0 Å². The van der Waals surface area contributed by atoms with Crippen LogP contribution in [0.3, 0.4) is 0 Å². The van der Waals surface area contributed by atoms with Crippen LogP contribution in [0.5, 0.6) is 5.75 Å². The molecule has 7 heteroatoms. The maximum absolute atomic E-state index is 11.5. The third-order valence-corrected chi connectivity index (χ3v) is 5.05. The lowest BCUT2D eigenvalue weighted by Gasteiger charge is -2.14. The third-order valence-electron chi connectivity index (χ3n) is 3.92. The smallest absolute Gasteiger partial charge is 0.191 e. The molecule has 0 fully saturated rings. The Morgan fingerprint density at radius 1 is 1.08 bits per heavy atom. The summed E-state index contributed by atoms with van der Waals surface area (Å²) in [5.74, 6) is 1.49. The lowest BCUT2D eigenvalue weighted by Crippen LogP contribution is -2.36. The summed E-state index contributed by atoms with van der Waals surface area (Å²) in [4.78, 5) is 4.52. The van der Waals surface area contributed by atoms with Gasteiger partial charge < -0.3 is 15.4 Å². The number of hydrogen-bond donors (Lipinski definition) is 2. The first-order valence-corrected chi connectivity index (χ1v) is 10.1. The minimum absolute atomic E-state index is 0.315. The molecule has 2 aromatic carbocycles. The largest absolute Gasteiger partial charge is 0.496 e. The van der Waals surface area contributed by atoms with E-state index in [1.54, 1.807) is 38.4 Å². The number of nitrogens with one attached hydrogen (secondary N) is 2. The zero-order chi connectivity index (χ0) is 19.2. The zero-order valence-corrected chi connectivity index (χ0v) is 16.4. The maximum atomic E-state index is 11.5. The van der Waals surface area contributed by atoms with Crippen molar-refractivity contribution in [2.45, 2.75) is 24.9 Å². The fourth-order valence-electron chi connectivity index (χ4n) is 2.44. The van der Waals surface area contributed by atoms with E-state index >= 15 is 0 Å². The number of aliphatic imine (C=N–C) groups is 1. The maximum Gasteiger partial charge on any atom is 0.191 e. The molecule has 0 bridgehead atoms. The molecule has 0 heterocycles. The van der Waals surface area contributed by atoms with Gasteiger partial charge in [0.05, 0.1) is 12.0 Å². The summed E-state index contributed by atoms with van der Waals surface area (Å²) in [6.45, 7) is 3.14. The number of benzene rings is 2. The quantitative estimate of drug-likeness (QED) is 0.598. The van der Waals surface area contributed by atoms with Crippen molar-refractivity contribution in [1.29, 1.82) is 0 Å². The van der Waals surface area contributed by atoms with Crippen molar-refractivity contribution in [1.82, 2.24) is 10.6 Å². The topological polar surface area (TPSA) is 79.8 Å². The molecule has 2 rings (SSSR count). The van der Waals surface area contributed by atoms with Crippen molar-refractivity contribution in [3.05, 3.63) is 59.2 Å². The Kier molecular flexibility index (Phi) is 6.63. The summed E-state index contributed by atoms with van der Waals surface area (Å²) >= 11 is 0. The van der Waals surface area contributed by atoms with Gasteiger partial charge in [-0.05, 0) is 36.2 Å². The average molecular weight is 375 g/mol. The predicted octanol–water partition coefficient (Wildman–Crippen LogP) is 2.27. The van der Waals surface area contributed by atoms with E-state index in [0.29, 0.717) is 23.9 Å². The molecular formula is C19H25N3O3S. The molecule has 140 valence electrons. The Labute approximate surface area is 155 Å². The Hall–Kier alpha value is -2.54. The Morgan fingerprint density at radius 2 is 1.73 bits per heavy atom. The van der Waals surface area contributed by atoms with E-state index in [-0.39, 0.29) is 0 Å². The van der Waals surface area contributed by atoms with Crippen molar-refractivity contribution in [2.75, 3.05) is 20.4 Å². The SMILES string of the molecule is CN=C(NCc1ccc(S(C)(=O)=O)cc1)NCc1ccc(C)cc1OC. The standard InChI is InChI=1S/C19H25N3O3S/c1-14-5-8-16(18(11-14)25-3)13-22-19(20-2)21-12-15-6-9-17(10-7-15)26(4,23)24/h5-11H,12-13H2,1-4H3,(H2,20,21,22). The van der Waals surface area contributed by atoms with Gasteiger partial charge in [0.1, 0.15) is 5.75 Å². The molecule has 0 aliphatic carbocycles. The molecular weight excluding hydrogens is 350 g/mol. The molecule has 6 nitrogen and oxygen atoms in total. The van der Waals surface area contributed by atoms with Crippen LogP contribution in [0.4, 0.5) is 0 Å². The normalized spacial score (nSPS) is 11.9. The fourth-order valence-corrected chi connectivity index (χ4v) is 3.07. The minimum Gasteiger partial charge on any atom is -0.496 e. The van der Waals surface area contributed by atoms with Gasteiger partial charge in [-0.2, -0.15) is 0 Å². The molecule has 2 aromatic rings. The first-order chi connectivity index (χ1) is 12.3. The molecule has 0 aliphatic rings. The van der Waals surface area contributed by atoms with Gasteiger partial charge in [0.15, 0.2) is 15.8 Å². The van der Waals surface area contributed by atoms with Gasteiger partial charge in [-0.25, -0.2) is 8.42 Å². The molecule has 0 radical (unpaired) electrons. The van der Waals surface area contributed by atoms with E-state index in [0.717, 1.165) is 22.4 Å². The highest BCUT2D eigenvalue weighted by atomic mass is 32.2. The molecule has 0 unspecified atom stereocenters. The summed E-state index contributed by atoms with van der Waals surface area (Å²) in [6, 6.07) is 12.9. The van der Waals surface area contributed by atoms with Gasteiger partial charge in [0.2, 0.25) is 0 Å². The Morgan fingerprint density at radius 3 is 2.31 bits per heavy atom. The number of aryl methyl sites for hydroxylation is 1. The van der Waals surface area contributed by atoms with Crippen molar-refractivity contribution in [2.24, 2.45) is 4.99 Å². The molecule has 0 aromatic heterocycles. The Balaban J connectivity index is 1.94.